The van der Waals surface area contributed by atoms with Crippen LogP contribution in [0.15, 0.2) is 231 Å². The minimum Gasteiger partial charge on any atom is -0.310 e. The molecular formula is C82H66N2. The van der Waals surface area contributed by atoms with Crippen molar-refractivity contribution < 1.29 is 0 Å². The van der Waals surface area contributed by atoms with Crippen LogP contribution in [-0.4, -0.2) is 0 Å². The monoisotopic (exact) mass is 1080 g/mol. The standard InChI is InChI=1S/C82H66N2/c1-51-15-9-19-59(43-51)83(60-20-10-16-52(2)44-60)63-35-41-69-67-37-29-55(47-75(67)81(5,6)77(69)49-63)27-31-57-33-39-73-72-26-14-24-66-58(34-40-74(80(66)72)71-25-13-23-65(57)79(71)73)32-28-56-30-38-68-70-42-36-64(50-78(70)82(7,8)76(68)48-56)84(61-21-11-17-53(3)45-61)62-22-12-18-54(4)46-62/h9-50H,1-8H3/b31-27+,32-28+. The molecule has 0 aliphatic heterocycles. The molecule has 0 atom stereocenters. The molecule has 13 aromatic carbocycles. The van der Waals surface area contributed by atoms with Crippen molar-refractivity contribution in [3.63, 3.8) is 0 Å². The maximum absolute atomic E-state index is 2.43. The van der Waals surface area contributed by atoms with Gasteiger partial charge in [0.25, 0.3) is 0 Å². The fraction of sp³-hybridized carbons (Fsp3) is 0.122. The maximum atomic E-state index is 2.43. The number of rotatable bonds is 10. The lowest BCUT2D eigenvalue weighted by molar-refractivity contribution is 0.660. The Morgan fingerprint density at radius 1 is 0.262 bits per heavy atom. The van der Waals surface area contributed by atoms with E-state index in [1.54, 1.807) is 0 Å². The molecule has 0 unspecified atom stereocenters. The van der Waals surface area contributed by atoms with Gasteiger partial charge in [0, 0.05) is 45.0 Å². The summed E-state index contributed by atoms with van der Waals surface area (Å²) in [6, 6.07) is 86.7. The lowest BCUT2D eigenvalue weighted by atomic mass is 9.81. The molecule has 0 fully saturated rings. The number of nitrogens with zero attached hydrogens (tertiary/aromatic N) is 2. The Morgan fingerprint density at radius 3 is 0.917 bits per heavy atom. The molecular weight excluding hydrogens is 1010 g/mol. The summed E-state index contributed by atoms with van der Waals surface area (Å²) in [6.07, 6.45) is 9.28. The molecule has 84 heavy (non-hydrogen) atoms. The van der Waals surface area contributed by atoms with Crippen molar-refractivity contribution in [3.05, 3.63) is 297 Å². The molecule has 404 valence electrons. The average Bonchev–Trinajstić information content (AvgIpc) is 1.73. The minimum absolute atomic E-state index is 0.188. The van der Waals surface area contributed by atoms with Crippen molar-refractivity contribution in [3.8, 4) is 22.3 Å². The van der Waals surface area contributed by atoms with Crippen LogP contribution in [0.4, 0.5) is 34.1 Å². The first-order chi connectivity index (χ1) is 40.8. The van der Waals surface area contributed by atoms with Gasteiger partial charge in [-0.25, -0.2) is 0 Å². The van der Waals surface area contributed by atoms with E-state index >= 15 is 0 Å². The highest BCUT2D eigenvalue weighted by Gasteiger charge is 2.38. The smallest absolute Gasteiger partial charge is 0.0465 e. The molecule has 0 heterocycles. The molecule has 0 saturated carbocycles. The minimum atomic E-state index is -0.188. The zero-order chi connectivity index (χ0) is 57.2. The van der Waals surface area contributed by atoms with Crippen molar-refractivity contribution in [1.82, 2.24) is 0 Å². The summed E-state index contributed by atoms with van der Waals surface area (Å²) >= 11 is 0. The van der Waals surface area contributed by atoms with Crippen molar-refractivity contribution in [2.45, 2.75) is 66.2 Å². The maximum Gasteiger partial charge on any atom is 0.0465 e. The second kappa shape index (κ2) is 19.4. The van der Waals surface area contributed by atoms with Gasteiger partial charge in [-0.3, -0.25) is 0 Å². The van der Waals surface area contributed by atoms with Gasteiger partial charge in [0.15, 0.2) is 0 Å². The van der Waals surface area contributed by atoms with Crippen LogP contribution in [0, 0.1) is 27.7 Å². The Kier molecular flexibility index (Phi) is 11.8. The molecule has 13 aromatic rings. The van der Waals surface area contributed by atoms with Crippen LogP contribution >= 0.6 is 0 Å². The van der Waals surface area contributed by atoms with E-state index < -0.39 is 0 Å². The Bertz CT molecular complexity index is 4490. The van der Waals surface area contributed by atoms with Crippen molar-refractivity contribution in [2.75, 3.05) is 9.80 Å². The van der Waals surface area contributed by atoms with Gasteiger partial charge in [0.05, 0.1) is 0 Å². The molecule has 0 saturated heterocycles. The SMILES string of the molecule is Cc1cccc(N(c2cccc(C)c2)c2ccc3c(c2)C(C)(C)c2cc(/C=C/c4ccc5c6cccc7c(/C=C/c8ccc9c(c8)C(C)(C)c8cc(N(c%10cccc(C)c%10)c%10cccc(C)c%10)ccc8-9)ccc(c8cccc4c85)c76)ccc2-3)c1. The predicted octanol–water partition coefficient (Wildman–Crippen LogP) is 22.9. The summed E-state index contributed by atoms with van der Waals surface area (Å²) in [5, 5.41) is 10.4. The molecule has 0 bridgehead atoms. The quantitative estimate of drug-likeness (QED) is 0.0765. The Morgan fingerprint density at radius 2 is 0.560 bits per heavy atom. The molecule has 2 heteroatoms. The second-order valence-corrected chi connectivity index (χ2v) is 24.9. The molecule has 2 nitrogen and oxygen atoms in total. The van der Waals surface area contributed by atoms with Gasteiger partial charge < -0.3 is 9.80 Å². The highest BCUT2D eigenvalue weighted by molar-refractivity contribution is 6.34. The van der Waals surface area contributed by atoms with Crippen LogP contribution in [-0.2, 0) is 10.8 Å². The number of anilines is 6. The van der Waals surface area contributed by atoms with E-state index in [1.165, 1.54) is 143 Å². The summed E-state index contributed by atoms with van der Waals surface area (Å²) in [7, 11) is 0. The molecule has 0 radical (unpaired) electrons. The van der Waals surface area contributed by atoms with Crippen molar-refractivity contribution >= 4 is 102 Å². The lowest BCUT2D eigenvalue weighted by Gasteiger charge is -2.28. The van der Waals surface area contributed by atoms with E-state index in [4.69, 9.17) is 0 Å². The Hall–Kier alpha value is -9.76. The van der Waals surface area contributed by atoms with E-state index in [9.17, 15) is 0 Å². The third kappa shape index (κ3) is 8.29. The second-order valence-electron chi connectivity index (χ2n) is 24.9. The van der Waals surface area contributed by atoms with Crippen LogP contribution in [0.3, 0.4) is 0 Å². The lowest BCUT2D eigenvalue weighted by Crippen LogP contribution is -2.16. The summed E-state index contributed by atoms with van der Waals surface area (Å²) in [5.74, 6) is 0. The molecule has 0 N–H and O–H groups in total. The highest BCUT2D eigenvalue weighted by Crippen LogP contribution is 2.53. The van der Waals surface area contributed by atoms with Gasteiger partial charge in [0.1, 0.15) is 0 Å². The zero-order valence-corrected chi connectivity index (χ0v) is 49.1. The summed E-state index contributed by atoms with van der Waals surface area (Å²) in [6.45, 7) is 18.2. The fourth-order valence-corrected chi connectivity index (χ4v) is 14.4. The van der Waals surface area contributed by atoms with Crippen LogP contribution < -0.4 is 9.80 Å². The molecule has 0 amide bonds. The number of hydrogen-bond donors (Lipinski definition) is 0. The zero-order valence-electron chi connectivity index (χ0n) is 49.1. The van der Waals surface area contributed by atoms with Crippen molar-refractivity contribution in [1.29, 1.82) is 0 Å². The predicted molar refractivity (Wildman–Crippen MR) is 362 cm³/mol. The molecule has 2 aliphatic carbocycles. The number of hydrogen-bond acceptors (Lipinski definition) is 2. The van der Waals surface area contributed by atoms with E-state index in [0.717, 1.165) is 22.7 Å². The largest absolute Gasteiger partial charge is 0.310 e. The molecule has 15 rings (SSSR count). The topological polar surface area (TPSA) is 6.48 Å². The number of fused-ring (bicyclic) bond motifs is 8. The van der Waals surface area contributed by atoms with E-state index in [2.05, 4.69) is 320 Å². The fourth-order valence-electron chi connectivity index (χ4n) is 14.4. The molecule has 2 aliphatic rings. The van der Waals surface area contributed by atoms with Gasteiger partial charge in [-0.2, -0.15) is 0 Å². The van der Waals surface area contributed by atoms with Gasteiger partial charge in [-0.05, 0) is 233 Å². The summed E-state index contributed by atoms with van der Waals surface area (Å²) in [4.78, 5) is 4.81. The van der Waals surface area contributed by atoms with Gasteiger partial charge in [-0.15, -0.1) is 0 Å². The highest BCUT2D eigenvalue weighted by atomic mass is 15.1. The first-order valence-electron chi connectivity index (χ1n) is 29.7. The van der Waals surface area contributed by atoms with Crippen LogP contribution in [0.5, 0.6) is 0 Å². The summed E-state index contributed by atoms with van der Waals surface area (Å²) < 4.78 is 0. The van der Waals surface area contributed by atoms with Gasteiger partial charge in [0.2, 0.25) is 0 Å². The van der Waals surface area contributed by atoms with E-state index in [1.807, 2.05) is 0 Å². The van der Waals surface area contributed by atoms with E-state index in [-0.39, 0.29) is 10.8 Å². The first-order valence-corrected chi connectivity index (χ1v) is 29.7. The average molecular weight is 1080 g/mol. The normalized spacial score (nSPS) is 13.8. The number of aryl methyl sites for hydroxylation is 4. The number of benzene rings is 13. The Labute approximate surface area is 494 Å². The van der Waals surface area contributed by atoms with Crippen LogP contribution in [0.25, 0.3) is 89.6 Å². The van der Waals surface area contributed by atoms with Crippen LogP contribution in [0.1, 0.15) is 94.5 Å². The third-order valence-corrected chi connectivity index (χ3v) is 18.6. The molecule has 0 aromatic heterocycles. The third-order valence-electron chi connectivity index (χ3n) is 18.6. The van der Waals surface area contributed by atoms with E-state index in [0.29, 0.717) is 0 Å². The van der Waals surface area contributed by atoms with Gasteiger partial charge in [-0.1, -0.05) is 210 Å². The van der Waals surface area contributed by atoms with Crippen molar-refractivity contribution in [2.24, 2.45) is 0 Å². The van der Waals surface area contributed by atoms with Crippen LogP contribution in [0.2, 0.25) is 0 Å². The van der Waals surface area contributed by atoms with Gasteiger partial charge >= 0.3 is 0 Å². The molecule has 0 spiro atoms. The summed E-state index contributed by atoms with van der Waals surface area (Å²) in [5.41, 5.74) is 27.1. The Balaban J connectivity index is 0.726. The first kappa shape index (κ1) is 51.1.